The molecule has 1 N–H and O–H groups in total. The first-order valence-electron chi connectivity index (χ1n) is 7.03. The van der Waals surface area contributed by atoms with Gasteiger partial charge < -0.3 is 5.32 Å². The van der Waals surface area contributed by atoms with Crippen LogP contribution >= 0.6 is 27.5 Å². The van der Waals surface area contributed by atoms with Gasteiger partial charge in [0.15, 0.2) is 0 Å². The Kier molecular flexibility index (Phi) is 6.22. The summed E-state index contributed by atoms with van der Waals surface area (Å²) in [5, 5.41) is 4.22. The van der Waals surface area contributed by atoms with Gasteiger partial charge in [-0.15, -0.1) is 0 Å². The summed E-state index contributed by atoms with van der Waals surface area (Å²) in [6.45, 7) is 2.98. The fourth-order valence-electron chi connectivity index (χ4n) is 2.28. The van der Waals surface area contributed by atoms with E-state index in [-0.39, 0.29) is 11.9 Å². The zero-order valence-corrected chi connectivity index (χ0v) is 14.2. The zero-order chi connectivity index (χ0) is 15.2. The highest BCUT2D eigenvalue weighted by Gasteiger charge is 2.16. The van der Waals surface area contributed by atoms with Crippen molar-refractivity contribution in [3.8, 4) is 0 Å². The first kappa shape index (κ1) is 16.5. The van der Waals surface area contributed by atoms with Crippen molar-refractivity contribution in [2.24, 2.45) is 0 Å². The molecule has 0 aromatic heterocycles. The molecule has 21 heavy (non-hydrogen) atoms. The van der Waals surface area contributed by atoms with Crippen LogP contribution in [0.3, 0.4) is 0 Å². The largest absolute Gasteiger partial charge is 0.310 e. The molecule has 2 rings (SSSR count). The summed E-state index contributed by atoms with van der Waals surface area (Å²) >= 11 is 9.76. The normalized spacial score (nSPS) is 12.4. The molecule has 0 amide bonds. The quantitative estimate of drug-likeness (QED) is 0.705. The van der Waals surface area contributed by atoms with Crippen molar-refractivity contribution in [3.05, 3.63) is 68.9 Å². The van der Waals surface area contributed by atoms with Crippen LogP contribution in [-0.2, 0) is 6.42 Å². The van der Waals surface area contributed by atoms with E-state index in [4.69, 9.17) is 11.6 Å². The van der Waals surface area contributed by atoms with Crippen LogP contribution in [0.2, 0.25) is 5.02 Å². The summed E-state index contributed by atoms with van der Waals surface area (Å²) in [5.41, 5.74) is 1.98. The third kappa shape index (κ3) is 4.53. The molecule has 0 aliphatic rings. The lowest BCUT2D eigenvalue weighted by Gasteiger charge is -2.21. The molecular formula is C17H18BrClFN. The minimum atomic E-state index is -0.226. The molecule has 0 bridgehead atoms. The maximum Gasteiger partial charge on any atom is 0.123 e. The van der Waals surface area contributed by atoms with Gasteiger partial charge in [-0.3, -0.25) is 0 Å². The Hall–Kier alpha value is -0.900. The Morgan fingerprint density at radius 2 is 2.00 bits per heavy atom. The molecule has 0 fully saturated rings. The third-order valence-corrected chi connectivity index (χ3v) is 4.45. The van der Waals surface area contributed by atoms with Crippen LogP contribution in [-0.4, -0.2) is 6.54 Å². The molecular weight excluding hydrogens is 353 g/mol. The zero-order valence-electron chi connectivity index (χ0n) is 11.9. The van der Waals surface area contributed by atoms with E-state index in [0.29, 0.717) is 0 Å². The van der Waals surface area contributed by atoms with Crippen LogP contribution in [0.1, 0.15) is 30.5 Å². The molecule has 0 saturated heterocycles. The fraction of sp³-hybridized carbons (Fsp3) is 0.294. The van der Waals surface area contributed by atoms with Crippen molar-refractivity contribution in [2.75, 3.05) is 6.54 Å². The average Bonchev–Trinajstić information content (AvgIpc) is 2.48. The van der Waals surface area contributed by atoms with E-state index in [1.165, 1.54) is 6.07 Å². The van der Waals surface area contributed by atoms with Gasteiger partial charge in [0.1, 0.15) is 5.82 Å². The topological polar surface area (TPSA) is 12.0 Å². The predicted molar refractivity (Wildman–Crippen MR) is 90.3 cm³/mol. The van der Waals surface area contributed by atoms with Gasteiger partial charge in [0, 0.05) is 15.5 Å². The SMILES string of the molecule is CCCNC(Cc1ccccc1Cl)c1cc(F)ccc1Br. The van der Waals surface area contributed by atoms with Crippen molar-refractivity contribution < 1.29 is 4.39 Å². The van der Waals surface area contributed by atoms with E-state index in [1.807, 2.05) is 24.3 Å². The highest BCUT2D eigenvalue weighted by molar-refractivity contribution is 9.10. The molecule has 0 radical (unpaired) electrons. The summed E-state index contributed by atoms with van der Waals surface area (Å²) in [7, 11) is 0. The molecule has 112 valence electrons. The maximum absolute atomic E-state index is 13.6. The first-order valence-corrected chi connectivity index (χ1v) is 8.20. The Morgan fingerprint density at radius 1 is 1.24 bits per heavy atom. The second-order valence-corrected chi connectivity index (χ2v) is 6.23. The number of hydrogen-bond donors (Lipinski definition) is 1. The average molecular weight is 371 g/mol. The minimum absolute atomic E-state index is 0.0231. The smallest absolute Gasteiger partial charge is 0.123 e. The Balaban J connectivity index is 2.30. The number of halogens is 3. The summed E-state index contributed by atoms with van der Waals surface area (Å²) in [6, 6.07) is 12.6. The second kappa shape index (κ2) is 7.92. The van der Waals surface area contributed by atoms with Crippen LogP contribution in [0.25, 0.3) is 0 Å². The summed E-state index contributed by atoms with van der Waals surface area (Å²) in [6.07, 6.45) is 1.74. The third-order valence-electron chi connectivity index (χ3n) is 3.36. The Bertz CT molecular complexity index is 603. The Morgan fingerprint density at radius 3 is 2.71 bits per heavy atom. The van der Waals surface area contributed by atoms with Gasteiger partial charge in [0.25, 0.3) is 0 Å². The van der Waals surface area contributed by atoms with Crippen molar-refractivity contribution in [2.45, 2.75) is 25.8 Å². The van der Waals surface area contributed by atoms with Crippen LogP contribution in [0.15, 0.2) is 46.9 Å². The molecule has 2 aromatic rings. The lowest BCUT2D eigenvalue weighted by Crippen LogP contribution is -2.24. The fourth-order valence-corrected chi connectivity index (χ4v) is 3.01. The van der Waals surface area contributed by atoms with Gasteiger partial charge in [-0.2, -0.15) is 0 Å². The van der Waals surface area contributed by atoms with Crippen molar-refractivity contribution in [1.29, 1.82) is 0 Å². The summed E-state index contributed by atoms with van der Waals surface area (Å²) in [4.78, 5) is 0. The number of rotatable bonds is 6. The van der Waals surface area contributed by atoms with Crippen LogP contribution in [0.4, 0.5) is 4.39 Å². The monoisotopic (exact) mass is 369 g/mol. The standard InChI is InChI=1S/C17H18BrClFN/c1-2-9-21-17(10-12-5-3-4-6-16(12)19)14-11-13(20)7-8-15(14)18/h3-8,11,17,21H,2,9-10H2,1H3. The van der Waals surface area contributed by atoms with Crippen molar-refractivity contribution in [3.63, 3.8) is 0 Å². The Labute approximate surface area is 138 Å². The highest BCUT2D eigenvalue weighted by Crippen LogP contribution is 2.29. The molecule has 1 unspecified atom stereocenters. The molecule has 1 nitrogen and oxygen atoms in total. The van der Waals surface area contributed by atoms with Gasteiger partial charge >= 0.3 is 0 Å². The van der Waals surface area contributed by atoms with E-state index < -0.39 is 0 Å². The lowest BCUT2D eigenvalue weighted by atomic mass is 9.98. The summed E-state index contributed by atoms with van der Waals surface area (Å²) < 4.78 is 14.5. The van der Waals surface area contributed by atoms with E-state index in [2.05, 4.69) is 28.2 Å². The van der Waals surface area contributed by atoms with E-state index in [9.17, 15) is 4.39 Å². The molecule has 2 aromatic carbocycles. The van der Waals surface area contributed by atoms with Crippen LogP contribution in [0.5, 0.6) is 0 Å². The van der Waals surface area contributed by atoms with Gasteiger partial charge in [0.05, 0.1) is 0 Å². The van der Waals surface area contributed by atoms with Crippen LogP contribution in [0, 0.1) is 5.82 Å². The highest BCUT2D eigenvalue weighted by atomic mass is 79.9. The molecule has 0 spiro atoms. The van der Waals surface area contributed by atoms with E-state index in [0.717, 1.165) is 40.0 Å². The molecule has 0 aliphatic heterocycles. The van der Waals surface area contributed by atoms with E-state index in [1.54, 1.807) is 12.1 Å². The van der Waals surface area contributed by atoms with E-state index >= 15 is 0 Å². The van der Waals surface area contributed by atoms with Crippen molar-refractivity contribution in [1.82, 2.24) is 5.32 Å². The van der Waals surface area contributed by atoms with Gasteiger partial charge in [-0.05, 0) is 54.8 Å². The molecule has 0 saturated carbocycles. The number of hydrogen-bond acceptors (Lipinski definition) is 1. The van der Waals surface area contributed by atoms with Gasteiger partial charge in [0.2, 0.25) is 0 Å². The molecule has 1 atom stereocenters. The predicted octanol–water partition coefficient (Wildman–Crippen LogP) is 5.53. The molecule has 4 heteroatoms. The lowest BCUT2D eigenvalue weighted by molar-refractivity contribution is 0.522. The molecule has 0 aliphatic carbocycles. The molecule has 0 heterocycles. The van der Waals surface area contributed by atoms with Gasteiger partial charge in [-0.25, -0.2) is 4.39 Å². The summed E-state index contributed by atoms with van der Waals surface area (Å²) in [5.74, 6) is -0.226. The number of nitrogens with one attached hydrogen (secondary N) is 1. The van der Waals surface area contributed by atoms with Gasteiger partial charge in [-0.1, -0.05) is 52.7 Å². The van der Waals surface area contributed by atoms with Crippen LogP contribution < -0.4 is 5.32 Å². The minimum Gasteiger partial charge on any atom is -0.310 e. The second-order valence-electron chi connectivity index (χ2n) is 4.97. The number of benzene rings is 2. The van der Waals surface area contributed by atoms with Crippen molar-refractivity contribution >= 4 is 27.5 Å². The first-order chi connectivity index (χ1) is 10.1. The maximum atomic E-state index is 13.6.